The van der Waals surface area contributed by atoms with E-state index < -0.39 is 5.54 Å². The van der Waals surface area contributed by atoms with Gasteiger partial charge in [0.15, 0.2) is 5.54 Å². The minimum atomic E-state index is -1.09. The van der Waals surface area contributed by atoms with E-state index in [1.807, 2.05) is 35.7 Å². The number of hydrogen-bond donors (Lipinski definition) is 1. The van der Waals surface area contributed by atoms with Gasteiger partial charge in [-0.05, 0) is 79.9 Å². The Balaban J connectivity index is 1.35. The summed E-state index contributed by atoms with van der Waals surface area (Å²) in [5.41, 5.74) is 2.19. The van der Waals surface area contributed by atoms with Crippen molar-refractivity contribution < 1.29 is 9.59 Å². The topological polar surface area (TPSA) is 65.5 Å². The number of piperidine rings is 1. The minimum absolute atomic E-state index is 0.00120. The molecule has 0 spiro atoms. The summed E-state index contributed by atoms with van der Waals surface area (Å²) in [5, 5.41) is 5.13. The highest BCUT2D eigenvalue weighted by Crippen LogP contribution is 2.41. The quantitative estimate of drug-likeness (QED) is 0.517. The molecule has 0 saturated carbocycles. The summed E-state index contributed by atoms with van der Waals surface area (Å²) in [5.74, 6) is -0.163. The van der Waals surface area contributed by atoms with Crippen molar-refractivity contribution in [2.75, 3.05) is 19.6 Å². The Morgan fingerprint density at radius 2 is 1.85 bits per heavy atom. The fraction of sp³-hybridized carbons (Fsp3) is 0.370. The van der Waals surface area contributed by atoms with Crippen molar-refractivity contribution in [3.8, 4) is 0 Å². The molecule has 5 rings (SSSR count). The number of imide groups is 1. The predicted octanol–water partition coefficient (Wildman–Crippen LogP) is 4.35. The van der Waals surface area contributed by atoms with Crippen LogP contribution in [0.25, 0.3) is 0 Å². The van der Waals surface area contributed by atoms with Crippen molar-refractivity contribution in [2.24, 2.45) is 5.92 Å². The third kappa shape index (κ3) is 4.26. The summed E-state index contributed by atoms with van der Waals surface area (Å²) in [6.07, 6.45) is 4.03. The van der Waals surface area contributed by atoms with Gasteiger partial charge in [0.25, 0.3) is 5.91 Å². The van der Waals surface area contributed by atoms with Crippen LogP contribution < -0.4 is 5.32 Å². The molecule has 3 aromatic rings. The van der Waals surface area contributed by atoms with Crippen LogP contribution in [0.2, 0.25) is 0 Å². The molecule has 0 radical (unpaired) electrons. The highest BCUT2D eigenvalue weighted by atomic mass is 32.1. The van der Waals surface area contributed by atoms with Crippen LogP contribution in [-0.4, -0.2) is 46.4 Å². The normalized spacial score (nSPS) is 21.7. The summed E-state index contributed by atoms with van der Waals surface area (Å²) in [4.78, 5) is 36.6. The molecule has 0 unspecified atom stereocenters. The number of rotatable bonds is 7. The maximum atomic E-state index is 13.9. The second kappa shape index (κ2) is 9.68. The number of carbonyl (C=O) groups is 2. The lowest BCUT2D eigenvalue weighted by molar-refractivity contribution is -0.134. The molecule has 2 fully saturated rings. The molecule has 6 nitrogen and oxygen atoms in total. The van der Waals surface area contributed by atoms with Gasteiger partial charge in [0.2, 0.25) is 0 Å². The summed E-state index contributed by atoms with van der Waals surface area (Å²) >= 11 is 1.65. The third-order valence-corrected chi connectivity index (χ3v) is 8.15. The van der Waals surface area contributed by atoms with E-state index in [0.717, 1.165) is 32.5 Å². The first-order chi connectivity index (χ1) is 16.6. The van der Waals surface area contributed by atoms with Gasteiger partial charge in [-0.25, -0.2) is 4.79 Å². The van der Waals surface area contributed by atoms with Gasteiger partial charge in [0.1, 0.15) is 0 Å². The Labute approximate surface area is 204 Å². The van der Waals surface area contributed by atoms with Crippen molar-refractivity contribution in [3.05, 3.63) is 87.9 Å². The van der Waals surface area contributed by atoms with E-state index in [2.05, 4.69) is 46.4 Å². The number of hydrogen-bond acceptors (Lipinski definition) is 5. The monoisotopic (exact) mass is 474 g/mol. The summed E-state index contributed by atoms with van der Waals surface area (Å²) in [7, 11) is 0. The molecule has 2 aliphatic heterocycles. The number of aryl methyl sites for hydroxylation is 1. The zero-order valence-electron chi connectivity index (χ0n) is 19.4. The zero-order chi connectivity index (χ0) is 23.5. The Hall–Kier alpha value is -3.03. The first-order valence-electron chi connectivity index (χ1n) is 11.9. The number of thiophene rings is 1. The van der Waals surface area contributed by atoms with E-state index >= 15 is 0 Å². The van der Waals surface area contributed by atoms with E-state index in [-0.39, 0.29) is 17.9 Å². The number of benzene rings is 1. The second-order valence-corrected chi connectivity index (χ2v) is 10.2. The minimum Gasteiger partial charge on any atom is -0.318 e. The number of nitrogens with zero attached hydrogens (tertiary/aromatic N) is 3. The van der Waals surface area contributed by atoms with E-state index in [4.69, 9.17) is 0 Å². The number of likely N-dealkylation sites (tertiary alicyclic amines) is 1. The zero-order valence-corrected chi connectivity index (χ0v) is 20.3. The average Bonchev–Trinajstić information content (AvgIpc) is 3.47. The first-order valence-corrected chi connectivity index (χ1v) is 12.8. The first kappa shape index (κ1) is 22.7. The second-order valence-electron chi connectivity index (χ2n) is 9.22. The number of carbonyl (C=O) groups excluding carboxylic acids is 2. The van der Waals surface area contributed by atoms with Crippen molar-refractivity contribution in [2.45, 2.75) is 38.3 Å². The molecule has 7 heteroatoms. The van der Waals surface area contributed by atoms with Crippen LogP contribution in [0.15, 0.2) is 66.2 Å². The van der Waals surface area contributed by atoms with Gasteiger partial charge in [-0.1, -0.05) is 36.4 Å². The molecular weight excluding hydrogens is 444 g/mol. The van der Waals surface area contributed by atoms with Gasteiger partial charge < -0.3 is 5.32 Å². The number of amides is 3. The smallest absolute Gasteiger partial charge is 0.318 e. The Morgan fingerprint density at radius 1 is 1.06 bits per heavy atom. The average molecular weight is 475 g/mol. The van der Waals surface area contributed by atoms with Crippen LogP contribution in [0.1, 0.15) is 34.5 Å². The van der Waals surface area contributed by atoms with Gasteiger partial charge in [0, 0.05) is 24.2 Å². The van der Waals surface area contributed by atoms with Crippen LogP contribution >= 0.6 is 11.3 Å². The molecule has 3 amide bonds. The van der Waals surface area contributed by atoms with Gasteiger partial charge in [-0.2, -0.15) is 0 Å². The highest BCUT2D eigenvalue weighted by Gasteiger charge is 2.57. The molecule has 1 N–H and O–H groups in total. The van der Waals surface area contributed by atoms with Gasteiger partial charge >= 0.3 is 6.03 Å². The molecule has 0 aliphatic carbocycles. The summed E-state index contributed by atoms with van der Waals surface area (Å²) in [6, 6.07) is 17.8. The van der Waals surface area contributed by atoms with Crippen LogP contribution in [0.4, 0.5) is 4.79 Å². The molecule has 2 saturated heterocycles. The summed E-state index contributed by atoms with van der Waals surface area (Å²) < 4.78 is 0. The molecule has 34 heavy (non-hydrogen) atoms. The molecular formula is C27H30N4O2S. The maximum Gasteiger partial charge on any atom is 0.325 e. The molecule has 2 aromatic heterocycles. The molecule has 4 heterocycles. The van der Waals surface area contributed by atoms with Crippen molar-refractivity contribution in [3.63, 3.8) is 0 Å². The third-order valence-electron chi connectivity index (χ3n) is 7.22. The SMILES string of the molecule is Cc1ccccc1CN1CCC([C@]2(c3ccccn3)NC(=O)N(CCc3cccs3)C2=O)CC1. The largest absolute Gasteiger partial charge is 0.325 e. The van der Waals surface area contributed by atoms with E-state index in [1.54, 1.807) is 17.5 Å². The van der Waals surface area contributed by atoms with Crippen LogP contribution in [0.5, 0.6) is 0 Å². The highest BCUT2D eigenvalue weighted by molar-refractivity contribution is 7.09. The Kier molecular flexibility index (Phi) is 6.48. The Morgan fingerprint density at radius 3 is 2.56 bits per heavy atom. The lowest BCUT2D eigenvalue weighted by Gasteiger charge is -2.40. The van der Waals surface area contributed by atoms with Crippen LogP contribution in [-0.2, 0) is 23.3 Å². The van der Waals surface area contributed by atoms with Crippen molar-refractivity contribution in [1.29, 1.82) is 0 Å². The Bertz CT molecular complexity index is 1140. The van der Waals surface area contributed by atoms with E-state index in [1.165, 1.54) is 20.9 Å². The molecule has 1 aromatic carbocycles. The molecule has 176 valence electrons. The molecule has 2 aliphatic rings. The lowest BCUT2D eigenvalue weighted by atomic mass is 9.75. The van der Waals surface area contributed by atoms with Gasteiger partial charge in [-0.15, -0.1) is 11.3 Å². The molecule has 0 bridgehead atoms. The standard InChI is InChI=1S/C27H30N4O2S/c1-20-7-2-3-8-21(20)19-30-15-11-22(12-16-30)27(24-10-4-5-14-28-24)25(32)31(26(33)29-27)17-13-23-9-6-18-34-23/h2-10,14,18,22H,11-13,15-17,19H2,1H3,(H,29,33)/t27-/m1/s1. The van der Waals surface area contributed by atoms with Gasteiger partial charge in [0.05, 0.1) is 5.69 Å². The fourth-order valence-electron chi connectivity index (χ4n) is 5.28. The maximum absolute atomic E-state index is 13.9. The predicted molar refractivity (Wildman–Crippen MR) is 133 cm³/mol. The van der Waals surface area contributed by atoms with Crippen LogP contribution in [0.3, 0.4) is 0 Å². The van der Waals surface area contributed by atoms with E-state index in [9.17, 15) is 9.59 Å². The molecule has 1 atom stereocenters. The van der Waals surface area contributed by atoms with Crippen molar-refractivity contribution >= 4 is 23.3 Å². The van der Waals surface area contributed by atoms with Gasteiger partial charge in [-0.3, -0.25) is 19.6 Å². The fourth-order valence-corrected chi connectivity index (χ4v) is 5.98. The summed E-state index contributed by atoms with van der Waals surface area (Å²) in [6.45, 7) is 5.20. The lowest BCUT2D eigenvalue weighted by Crippen LogP contribution is -2.54. The number of urea groups is 1. The van der Waals surface area contributed by atoms with Crippen molar-refractivity contribution in [1.82, 2.24) is 20.1 Å². The van der Waals surface area contributed by atoms with Crippen LogP contribution in [0, 0.1) is 12.8 Å². The number of nitrogens with one attached hydrogen (secondary N) is 1. The number of pyridine rings is 1. The number of aromatic nitrogens is 1. The van der Waals surface area contributed by atoms with E-state index in [0.29, 0.717) is 18.7 Å².